The SMILES string of the molecule is CC(C)n1cc(CN(C)C)c2cccc(O)c21. The first-order valence-corrected chi connectivity index (χ1v) is 5.97. The molecule has 1 N–H and O–H groups in total. The first-order chi connectivity index (χ1) is 8.00. The highest BCUT2D eigenvalue weighted by Gasteiger charge is 2.13. The second-order valence-corrected chi connectivity index (χ2v) is 5.07. The molecule has 1 aromatic heterocycles. The summed E-state index contributed by atoms with van der Waals surface area (Å²) in [4.78, 5) is 2.14. The van der Waals surface area contributed by atoms with E-state index in [-0.39, 0.29) is 0 Å². The second kappa shape index (κ2) is 4.41. The number of hydrogen-bond acceptors (Lipinski definition) is 2. The highest BCUT2D eigenvalue weighted by Crippen LogP contribution is 2.31. The van der Waals surface area contributed by atoms with Crippen LogP contribution in [0.3, 0.4) is 0 Å². The summed E-state index contributed by atoms with van der Waals surface area (Å²) in [5.41, 5.74) is 2.20. The lowest BCUT2D eigenvalue weighted by molar-refractivity contribution is 0.403. The lowest BCUT2D eigenvalue weighted by Gasteiger charge is -2.09. The van der Waals surface area contributed by atoms with Gasteiger partial charge in [0.15, 0.2) is 0 Å². The van der Waals surface area contributed by atoms with E-state index in [0.717, 1.165) is 17.4 Å². The van der Waals surface area contributed by atoms with Crippen molar-refractivity contribution in [2.24, 2.45) is 0 Å². The summed E-state index contributed by atoms with van der Waals surface area (Å²) in [5, 5.41) is 11.2. The van der Waals surface area contributed by atoms with Gasteiger partial charge in [0, 0.05) is 24.2 Å². The Bertz CT molecular complexity index is 526. The lowest BCUT2D eigenvalue weighted by Crippen LogP contribution is -2.10. The van der Waals surface area contributed by atoms with Gasteiger partial charge in [0.1, 0.15) is 5.75 Å². The molecule has 0 aliphatic rings. The minimum absolute atomic E-state index is 0.349. The number of nitrogens with zero attached hydrogens (tertiary/aromatic N) is 2. The molecule has 0 saturated heterocycles. The topological polar surface area (TPSA) is 28.4 Å². The van der Waals surface area contributed by atoms with Gasteiger partial charge in [0.2, 0.25) is 0 Å². The van der Waals surface area contributed by atoms with E-state index in [1.165, 1.54) is 5.56 Å². The summed E-state index contributed by atoms with van der Waals surface area (Å²) in [6.07, 6.45) is 2.15. The van der Waals surface area contributed by atoms with Gasteiger partial charge >= 0.3 is 0 Å². The molecule has 1 aromatic carbocycles. The molecule has 2 aromatic rings. The largest absolute Gasteiger partial charge is 0.506 e. The Morgan fingerprint density at radius 3 is 2.59 bits per heavy atom. The zero-order valence-corrected chi connectivity index (χ0v) is 10.9. The number of para-hydroxylation sites is 1. The van der Waals surface area contributed by atoms with Gasteiger partial charge in [-0.2, -0.15) is 0 Å². The van der Waals surface area contributed by atoms with Gasteiger partial charge in [0.05, 0.1) is 5.52 Å². The predicted octanol–water partition coefficient (Wildman–Crippen LogP) is 2.99. The van der Waals surface area contributed by atoms with Gasteiger partial charge < -0.3 is 14.6 Å². The van der Waals surface area contributed by atoms with Crippen molar-refractivity contribution in [1.29, 1.82) is 0 Å². The van der Waals surface area contributed by atoms with Crippen LogP contribution in [0.1, 0.15) is 25.5 Å². The summed E-state index contributed by atoms with van der Waals surface area (Å²) >= 11 is 0. The number of aromatic hydroxyl groups is 1. The number of benzene rings is 1. The van der Waals surface area contributed by atoms with Gasteiger partial charge in [-0.15, -0.1) is 0 Å². The fraction of sp³-hybridized carbons (Fsp3) is 0.429. The molecule has 0 aliphatic carbocycles. The van der Waals surface area contributed by atoms with Gasteiger partial charge in [-0.05, 0) is 39.6 Å². The molecule has 1 heterocycles. The molecule has 92 valence electrons. The number of fused-ring (bicyclic) bond motifs is 1. The van der Waals surface area contributed by atoms with E-state index in [2.05, 4.69) is 49.7 Å². The molecule has 0 atom stereocenters. The van der Waals surface area contributed by atoms with Crippen LogP contribution in [0.25, 0.3) is 10.9 Å². The third-order valence-electron chi connectivity index (χ3n) is 2.96. The molecule has 0 fully saturated rings. The zero-order valence-electron chi connectivity index (χ0n) is 10.9. The smallest absolute Gasteiger partial charge is 0.139 e. The van der Waals surface area contributed by atoms with Crippen LogP contribution in [-0.4, -0.2) is 28.7 Å². The van der Waals surface area contributed by atoms with Crippen LogP contribution in [0.5, 0.6) is 5.75 Å². The summed E-state index contributed by atoms with van der Waals surface area (Å²) in [6, 6.07) is 6.08. The molecule has 0 spiro atoms. The van der Waals surface area contributed by atoms with E-state index < -0.39 is 0 Å². The minimum Gasteiger partial charge on any atom is -0.506 e. The summed E-state index contributed by atoms with van der Waals surface area (Å²) in [5.74, 6) is 0.362. The van der Waals surface area contributed by atoms with Crippen LogP contribution in [0.2, 0.25) is 0 Å². The average Bonchev–Trinajstić information content (AvgIpc) is 2.58. The number of phenolic OH excluding ortho intramolecular Hbond substituents is 1. The van der Waals surface area contributed by atoms with E-state index in [9.17, 15) is 5.11 Å². The molecule has 0 saturated carbocycles. The van der Waals surface area contributed by atoms with Crippen molar-refractivity contribution in [3.8, 4) is 5.75 Å². The van der Waals surface area contributed by atoms with E-state index in [1.807, 2.05) is 6.07 Å². The van der Waals surface area contributed by atoms with Crippen LogP contribution in [-0.2, 0) is 6.54 Å². The highest BCUT2D eigenvalue weighted by atomic mass is 16.3. The Kier molecular flexibility index (Phi) is 3.11. The Hall–Kier alpha value is -1.48. The summed E-state index contributed by atoms with van der Waals surface area (Å²) < 4.78 is 2.14. The third-order valence-corrected chi connectivity index (χ3v) is 2.96. The number of aromatic nitrogens is 1. The maximum absolute atomic E-state index is 10.0. The zero-order chi connectivity index (χ0) is 12.6. The van der Waals surface area contributed by atoms with Gasteiger partial charge in [-0.1, -0.05) is 12.1 Å². The highest BCUT2D eigenvalue weighted by molar-refractivity contribution is 5.89. The fourth-order valence-electron chi connectivity index (χ4n) is 2.24. The normalized spacial score (nSPS) is 11.9. The second-order valence-electron chi connectivity index (χ2n) is 5.07. The van der Waals surface area contributed by atoms with Crippen molar-refractivity contribution < 1.29 is 5.11 Å². The van der Waals surface area contributed by atoms with Crippen molar-refractivity contribution in [2.75, 3.05) is 14.1 Å². The third kappa shape index (κ3) is 2.15. The molecule has 2 rings (SSSR count). The Morgan fingerprint density at radius 1 is 1.29 bits per heavy atom. The molecule has 0 radical (unpaired) electrons. The maximum Gasteiger partial charge on any atom is 0.139 e. The van der Waals surface area contributed by atoms with Gasteiger partial charge in [-0.25, -0.2) is 0 Å². The number of hydrogen-bond donors (Lipinski definition) is 1. The van der Waals surface area contributed by atoms with Crippen molar-refractivity contribution in [1.82, 2.24) is 9.47 Å². The van der Waals surface area contributed by atoms with E-state index in [1.54, 1.807) is 6.07 Å². The maximum atomic E-state index is 10.0. The Labute approximate surface area is 102 Å². The van der Waals surface area contributed by atoms with E-state index in [4.69, 9.17) is 0 Å². The molecule has 0 unspecified atom stereocenters. The lowest BCUT2D eigenvalue weighted by atomic mass is 10.1. The molecule has 3 heteroatoms. The standard InChI is InChI=1S/C14H20N2O/c1-10(2)16-9-11(8-15(3)4)12-6-5-7-13(17)14(12)16/h5-7,9-10,17H,8H2,1-4H3. The molecule has 0 aliphatic heterocycles. The van der Waals surface area contributed by atoms with E-state index >= 15 is 0 Å². The van der Waals surface area contributed by atoms with E-state index in [0.29, 0.717) is 11.8 Å². The molecule has 0 bridgehead atoms. The fourth-order valence-corrected chi connectivity index (χ4v) is 2.24. The summed E-state index contributed by atoms with van der Waals surface area (Å²) in [6.45, 7) is 5.15. The number of phenols is 1. The Morgan fingerprint density at radius 2 is 2.00 bits per heavy atom. The van der Waals surface area contributed by atoms with Crippen LogP contribution < -0.4 is 0 Å². The molecular weight excluding hydrogens is 212 g/mol. The van der Waals surface area contributed by atoms with Crippen molar-refractivity contribution in [3.63, 3.8) is 0 Å². The minimum atomic E-state index is 0.349. The van der Waals surface area contributed by atoms with Crippen LogP contribution in [0, 0.1) is 0 Å². The first-order valence-electron chi connectivity index (χ1n) is 5.97. The average molecular weight is 232 g/mol. The van der Waals surface area contributed by atoms with Crippen LogP contribution >= 0.6 is 0 Å². The van der Waals surface area contributed by atoms with Gasteiger partial charge in [-0.3, -0.25) is 0 Å². The molecule has 3 nitrogen and oxygen atoms in total. The van der Waals surface area contributed by atoms with Crippen LogP contribution in [0.15, 0.2) is 24.4 Å². The Balaban J connectivity index is 2.66. The number of rotatable bonds is 3. The molecular formula is C14H20N2O. The monoisotopic (exact) mass is 232 g/mol. The van der Waals surface area contributed by atoms with Gasteiger partial charge in [0.25, 0.3) is 0 Å². The quantitative estimate of drug-likeness (QED) is 0.881. The summed E-state index contributed by atoms with van der Waals surface area (Å²) in [7, 11) is 4.11. The molecule has 17 heavy (non-hydrogen) atoms. The van der Waals surface area contributed by atoms with Crippen molar-refractivity contribution >= 4 is 10.9 Å². The predicted molar refractivity (Wildman–Crippen MR) is 71.4 cm³/mol. The van der Waals surface area contributed by atoms with Crippen molar-refractivity contribution in [3.05, 3.63) is 30.0 Å². The van der Waals surface area contributed by atoms with Crippen molar-refractivity contribution in [2.45, 2.75) is 26.4 Å². The molecule has 0 amide bonds. The first kappa shape index (κ1) is 12.0. The van der Waals surface area contributed by atoms with Crippen LogP contribution in [0.4, 0.5) is 0 Å².